The molecule has 0 aliphatic carbocycles. The van der Waals surface area contributed by atoms with E-state index in [9.17, 15) is 0 Å². The van der Waals surface area contributed by atoms with E-state index in [2.05, 4.69) is 24.4 Å². The Hall–Kier alpha value is 0.794. The van der Waals surface area contributed by atoms with Gasteiger partial charge in [0.15, 0.2) is 0 Å². The molecule has 0 fully saturated rings. The third kappa shape index (κ3) is 4.94. The van der Waals surface area contributed by atoms with Gasteiger partial charge in [-0.1, -0.05) is 0 Å². The topological polar surface area (TPSA) is 24.4 Å². The molecule has 0 rings (SSSR count). The summed E-state index contributed by atoms with van der Waals surface area (Å²) in [7, 11) is 6.68. The second-order valence-electron chi connectivity index (χ2n) is 0.844. The summed E-state index contributed by atoms with van der Waals surface area (Å²) in [5.74, 6) is 0. The molecule has 2 nitrogen and oxygen atoms in total. The van der Waals surface area contributed by atoms with Crippen molar-refractivity contribution in [2.24, 2.45) is 4.99 Å². The smallest absolute Gasteiger partial charge is 0 e. The molecule has 0 bridgehead atoms. The molecule has 1 radical (unpaired) electrons. The Labute approximate surface area is 79.8 Å². The minimum Gasteiger partial charge on any atom is -0.596 e. The van der Waals surface area contributed by atoms with Gasteiger partial charge in [0.2, 0.25) is 0 Å². The summed E-state index contributed by atoms with van der Waals surface area (Å²) in [5.41, 5.74) is 0. The van der Waals surface area contributed by atoms with Crippen LogP contribution < -0.4 is 5.32 Å². The van der Waals surface area contributed by atoms with Crippen molar-refractivity contribution in [1.29, 1.82) is 0 Å². The molecular weight excluding hydrogens is 197 g/mol. The van der Waals surface area contributed by atoms with Crippen molar-refractivity contribution in [1.82, 2.24) is 5.32 Å². The summed E-state index contributed by atoms with van der Waals surface area (Å²) in [5, 5.41) is 3.35. The van der Waals surface area contributed by atoms with Crippen LogP contribution in [0.15, 0.2) is 4.99 Å². The summed E-state index contributed by atoms with van der Waals surface area (Å²) in [6.45, 7) is 0. The van der Waals surface area contributed by atoms with E-state index in [0.717, 1.165) is 5.17 Å². The van der Waals surface area contributed by atoms with E-state index in [1.165, 1.54) is 11.8 Å². The predicted molar refractivity (Wildman–Crippen MR) is 34.8 cm³/mol. The molecule has 4 heteroatoms. The minimum atomic E-state index is 0. The van der Waals surface area contributed by atoms with Crippen LogP contribution in [0.3, 0.4) is 0 Å². The second-order valence-corrected chi connectivity index (χ2v) is 1.64. The molecule has 8 heavy (non-hydrogen) atoms. The van der Waals surface area contributed by atoms with Crippen molar-refractivity contribution < 1.29 is 32.7 Å². The molecule has 0 aromatic heterocycles. The van der Waals surface area contributed by atoms with E-state index >= 15 is 0 Å². The first-order valence-electron chi connectivity index (χ1n) is 1.76. The fourth-order valence-corrected chi connectivity index (χ4v) is 0.466. The van der Waals surface area contributed by atoms with Crippen LogP contribution in [0.1, 0.15) is 0 Å². The van der Waals surface area contributed by atoms with E-state index < -0.39 is 0 Å². The van der Waals surface area contributed by atoms with Crippen LogP contribution in [0.25, 0.3) is 0 Å². The number of amidine groups is 1. The van der Waals surface area contributed by atoms with Gasteiger partial charge in [-0.2, -0.15) is 18.8 Å². The van der Waals surface area contributed by atoms with Crippen LogP contribution in [0, 0.1) is 14.1 Å². The number of thioether (sulfide) groups is 1. The van der Waals surface area contributed by atoms with E-state index in [-0.39, 0.29) is 32.7 Å². The van der Waals surface area contributed by atoms with Crippen molar-refractivity contribution >= 4 is 16.9 Å². The molecule has 0 heterocycles. The van der Waals surface area contributed by atoms with Gasteiger partial charge >= 0.3 is 0 Å². The van der Waals surface area contributed by atoms with Crippen molar-refractivity contribution in [3.8, 4) is 0 Å². The maximum Gasteiger partial charge on any atom is 0 e. The average molecular weight is 205 g/mol. The van der Waals surface area contributed by atoms with Crippen LogP contribution in [-0.2, 0) is 32.7 Å². The van der Waals surface area contributed by atoms with Gasteiger partial charge in [-0.3, -0.25) is 7.05 Å². The summed E-state index contributed by atoms with van der Waals surface area (Å²) >= 11 is 1.48. The van der Waals surface area contributed by atoms with Gasteiger partial charge in [-0.25, -0.2) is 0 Å². The van der Waals surface area contributed by atoms with Gasteiger partial charge in [-0.05, 0) is 11.4 Å². The zero-order valence-corrected chi connectivity index (χ0v) is 8.50. The van der Waals surface area contributed by atoms with Crippen LogP contribution in [0.5, 0.6) is 0 Å². The quantitative estimate of drug-likeness (QED) is 0.360. The number of nitrogens with zero attached hydrogens (tertiary/aromatic N) is 1. The van der Waals surface area contributed by atoms with Crippen molar-refractivity contribution in [2.75, 3.05) is 6.26 Å². The van der Waals surface area contributed by atoms with Gasteiger partial charge in [-0.15, -0.1) is 0 Å². The minimum absolute atomic E-state index is 0. The molecule has 0 aliphatic heterocycles. The number of aliphatic imine (C=N–C) groups is 1. The van der Waals surface area contributed by atoms with Gasteiger partial charge in [0.05, 0.1) is 0 Å². The molecule has 0 aliphatic rings. The molecular formula is C4H8N2SY-2. The third-order valence-electron chi connectivity index (χ3n) is 0.488. The van der Waals surface area contributed by atoms with E-state index in [0.29, 0.717) is 0 Å². The first kappa shape index (κ1) is 11.6. The van der Waals surface area contributed by atoms with Gasteiger partial charge in [0, 0.05) is 32.7 Å². The number of hydrogen-bond donors (Lipinski definition) is 1. The normalized spacial score (nSPS) is 10.0. The molecule has 0 spiro atoms. The van der Waals surface area contributed by atoms with Crippen LogP contribution in [0.4, 0.5) is 0 Å². The molecule has 0 aromatic rings. The predicted octanol–water partition coefficient (Wildman–Crippen LogP) is 0.876. The van der Waals surface area contributed by atoms with Gasteiger partial charge < -0.3 is 10.3 Å². The third-order valence-corrected chi connectivity index (χ3v) is 1.15. The van der Waals surface area contributed by atoms with Gasteiger partial charge in [0.25, 0.3) is 0 Å². The maximum absolute atomic E-state index is 3.58. The Morgan fingerprint density at radius 3 is 2.25 bits per heavy atom. The second kappa shape index (κ2) is 7.79. The van der Waals surface area contributed by atoms with Gasteiger partial charge in [0.1, 0.15) is 0 Å². The van der Waals surface area contributed by atoms with E-state index in [4.69, 9.17) is 0 Å². The fraction of sp³-hybridized carbons (Fsp3) is 0.250. The summed E-state index contributed by atoms with van der Waals surface area (Å²) in [6, 6.07) is 0. The molecule has 1 N–H and O–H groups in total. The molecule has 45 valence electrons. The Morgan fingerprint density at radius 2 is 2.25 bits per heavy atom. The largest absolute Gasteiger partial charge is 0.596 e. The number of hydrogen-bond acceptors (Lipinski definition) is 2. The monoisotopic (exact) mass is 205 g/mol. The molecule has 0 saturated carbocycles. The van der Waals surface area contributed by atoms with Crippen LogP contribution >= 0.6 is 11.8 Å². The maximum atomic E-state index is 3.58. The first-order valence-corrected chi connectivity index (χ1v) is 2.98. The first-order chi connectivity index (χ1) is 3.35. The zero-order chi connectivity index (χ0) is 5.70. The van der Waals surface area contributed by atoms with E-state index in [1.807, 2.05) is 6.26 Å². The Morgan fingerprint density at radius 1 is 1.75 bits per heavy atom. The fourth-order valence-electron chi connectivity index (χ4n) is 0.193. The summed E-state index contributed by atoms with van der Waals surface area (Å²) in [4.78, 5) is 3.58. The van der Waals surface area contributed by atoms with Crippen molar-refractivity contribution in [2.45, 2.75) is 0 Å². The standard InChI is InChI=1S/C4H8N2S.Y/c1-5-4(6-2)7-3;/h1-2H2,3H3,(H,5,6);/q-2;. The molecule has 0 unspecified atom stereocenters. The number of nitrogens with one attached hydrogen (secondary N) is 1. The zero-order valence-electron chi connectivity index (χ0n) is 4.85. The Kier molecular flexibility index (Phi) is 11.3. The van der Waals surface area contributed by atoms with Crippen molar-refractivity contribution in [3.63, 3.8) is 0 Å². The summed E-state index contributed by atoms with van der Waals surface area (Å²) in [6.07, 6.45) is 1.90. The summed E-state index contributed by atoms with van der Waals surface area (Å²) < 4.78 is 0. The Bertz CT molecular complexity index is 68.4. The molecule has 0 aromatic carbocycles. The SMILES string of the molecule is [CH2-]N=C(N[CH2-])SC.[Y]. The molecule has 0 saturated heterocycles. The molecule has 0 amide bonds. The van der Waals surface area contributed by atoms with Crippen molar-refractivity contribution in [3.05, 3.63) is 14.1 Å². The number of rotatable bonds is 0. The average Bonchev–Trinajstić information content (AvgIpc) is 1.72. The Balaban J connectivity index is 0. The van der Waals surface area contributed by atoms with E-state index in [1.54, 1.807) is 0 Å². The van der Waals surface area contributed by atoms with Crippen LogP contribution in [0.2, 0.25) is 0 Å². The molecule has 0 atom stereocenters. The van der Waals surface area contributed by atoms with Crippen LogP contribution in [-0.4, -0.2) is 11.4 Å².